The van der Waals surface area contributed by atoms with Crippen molar-refractivity contribution in [2.24, 2.45) is 0 Å². The molecule has 0 spiro atoms. The Balaban J connectivity index is 1.32. The van der Waals surface area contributed by atoms with Gasteiger partial charge < -0.3 is 24.8 Å². The molecular weight excluding hydrogens is 611 g/mol. The molecule has 0 radical (unpaired) electrons. The Morgan fingerprint density at radius 1 is 1.07 bits per heavy atom. The summed E-state index contributed by atoms with van der Waals surface area (Å²) in [7, 11) is 0. The van der Waals surface area contributed by atoms with Crippen LogP contribution in [-0.4, -0.2) is 88.1 Å². The number of phenols is 1. The van der Waals surface area contributed by atoms with Crippen molar-refractivity contribution in [2.45, 2.75) is 56.4 Å². The summed E-state index contributed by atoms with van der Waals surface area (Å²) in [6, 6.07) is 2.58. The van der Waals surface area contributed by atoms with Gasteiger partial charge in [-0.3, -0.25) is 4.90 Å². The number of aromatic nitrogens is 3. The van der Waals surface area contributed by atoms with Gasteiger partial charge in [0.05, 0.1) is 11.6 Å². The van der Waals surface area contributed by atoms with Crippen molar-refractivity contribution in [1.29, 1.82) is 0 Å². The van der Waals surface area contributed by atoms with Crippen LogP contribution in [-0.2, 0) is 0 Å². The molecule has 0 bridgehead atoms. The summed E-state index contributed by atoms with van der Waals surface area (Å²) in [5, 5.41) is 13.4. The third-order valence-electron chi connectivity index (χ3n) is 9.93. The van der Waals surface area contributed by atoms with Crippen LogP contribution < -0.4 is 19.7 Å². The summed E-state index contributed by atoms with van der Waals surface area (Å²) >= 11 is 0. The zero-order valence-corrected chi connectivity index (χ0v) is 24.9. The van der Waals surface area contributed by atoms with Gasteiger partial charge in [0, 0.05) is 43.0 Å². The van der Waals surface area contributed by atoms with Crippen molar-refractivity contribution < 1.29 is 36.5 Å². The van der Waals surface area contributed by atoms with Crippen molar-refractivity contribution in [2.75, 3.05) is 44.3 Å². The summed E-state index contributed by atoms with van der Waals surface area (Å²) in [6.45, 7) is 4.48. The number of halogens is 5. The maximum atomic E-state index is 16.8. The lowest BCUT2D eigenvalue weighted by atomic mass is 9.95. The van der Waals surface area contributed by atoms with Crippen LogP contribution in [0.5, 0.6) is 17.6 Å². The topological polar surface area (TPSA) is 95.9 Å². The lowest BCUT2D eigenvalue weighted by molar-refractivity contribution is 0.107. The average molecular weight is 643 g/mol. The molecule has 3 saturated heterocycles. The van der Waals surface area contributed by atoms with E-state index in [4.69, 9.17) is 14.5 Å². The average Bonchev–Trinajstić information content (AvgIpc) is 3.52. The molecule has 2 aromatic carbocycles. The number of rotatable bonds is 5. The first kappa shape index (κ1) is 29.4. The van der Waals surface area contributed by atoms with Crippen LogP contribution in [0.15, 0.2) is 18.2 Å². The van der Waals surface area contributed by atoms with Crippen molar-refractivity contribution in [1.82, 2.24) is 25.2 Å². The number of piperazine rings is 1. The van der Waals surface area contributed by atoms with E-state index >= 15 is 8.78 Å². The van der Waals surface area contributed by atoms with Crippen molar-refractivity contribution in [3.8, 4) is 28.9 Å². The SMILES string of the molecule is CC[C@@H]1CN2c3nc(OC[C@@]45CCCN4C[C@H](F)C5)nc4c(F)c(-c5cc(O)cc6cc(F)c(F)c(F)c56)nc(c34)OC[C@@H]2CN1. The molecule has 0 amide bonds. The van der Waals surface area contributed by atoms with E-state index in [2.05, 4.69) is 27.1 Å². The van der Waals surface area contributed by atoms with Gasteiger partial charge in [-0.15, -0.1) is 0 Å². The summed E-state index contributed by atoms with van der Waals surface area (Å²) in [5.74, 6) is -5.89. The lowest BCUT2D eigenvalue weighted by Gasteiger charge is -2.39. The fourth-order valence-corrected chi connectivity index (χ4v) is 7.64. The number of fused-ring (bicyclic) bond motifs is 4. The highest BCUT2D eigenvalue weighted by Crippen LogP contribution is 2.44. The van der Waals surface area contributed by atoms with Gasteiger partial charge in [0.1, 0.15) is 47.5 Å². The normalized spacial score (nSPS) is 25.9. The molecule has 4 aliphatic rings. The van der Waals surface area contributed by atoms with Crippen LogP contribution in [0.3, 0.4) is 0 Å². The quantitative estimate of drug-likeness (QED) is 0.230. The number of anilines is 1. The number of nitrogens with one attached hydrogen (secondary N) is 1. The van der Waals surface area contributed by atoms with E-state index in [1.54, 1.807) is 0 Å². The summed E-state index contributed by atoms with van der Waals surface area (Å²) in [5.41, 5.74) is -1.54. The van der Waals surface area contributed by atoms with Gasteiger partial charge in [-0.05, 0) is 49.4 Å². The molecule has 6 heterocycles. The Hall–Kier alpha value is -4.04. The standard InChI is InChI=1S/C32H31F5N6O3/c1-2-17-12-43-18(10-38-17)13-45-30-23-28(40-31(41-29(23)43)46-14-32-4-3-5-42(32)11-16(33)9-32)26(37)27(39-30)20-8-19(44)6-15-7-21(34)24(35)25(36)22(15)20/h6-8,16-18,38,44H,2-5,9-14H2,1H3/t16-,17-,18+,32+/m1/s1. The highest BCUT2D eigenvalue weighted by Gasteiger charge is 2.49. The molecule has 4 aromatic rings. The molecule has 9 nitrogen and oxygen atoms in total. The first-order valence-electron chi connectivity index (χ1n) is 15.5. The molecule has 8 rings (SSSR count). The lowest BCUT2D eigenvalue weighted by Crippen LogP contribution is -2.58. The summed E-state index contributed by atoms with van der Waals surface area (Å²) < 4.78 is 87.4. The van der Waals surface area contributed by atoms with E-state index in [1.165, 1.54) is 0 Å². The highest BCUT2D eigenvalue weighted by molar-refractivity contribution is 6.02. The van der Waals surface area contributed by atoms with E-state index in [0.717, 1.165) is 44.0 Å². The highest BCUT2D eigenvalue weighted by atomic mass is 19.2. The number of pyridine rings is 1. The van der Waals surface area contributed by atoms with E-state index in [-0.39, 0.29) is 59.0 Å². The molecule has 46 heavy (non-hydrogen) atoms. The number of phenolic OH excluding ortho intramolecular Hbond substituents is 1. The first-order chi connectivity index (χ1) is 22.2. The van der Waals surface area contributed by atoms with E-state index < -0.39 is 51.8 Å². The van der Waals surface area contributed by atoms with Crippen LogP contribution in [0.1, 0.15) is 32.6 Å². The number of benzene rings is 2. The maximum absolute atomic E-state index is 16.8. The second-order valence-corrected chi connectivity index (χ2v) is 12.7. The van der Waals surface area contributed by atoms with E-state index in [0.29, 0.717) is 31.9 Å². The van der Waals surface area contributed by atoms with Gasteiger partial charge in [-0.2, -0.15) is 9.97 Å². The Kier molecular flexibility index (Phi) is 6.87. The second-order valence-electron chi connectivity index (χ2n) is 12.7. The minimum atomic E-state index is -1.74. The number of hydrogen-bond acceptors (Lipinski definition) is 9. The molecule has 4 aliphatic heterocycles. The summed E-state index contributed by atoms with van der Waals surface area (Å²) in [6.07, 6.45) is 1.83. The fourth-order valence-electron chi connectivity index (χ4n) is 7.64. The first-order valence-corrected chi connectivity index (χ1v) is 15.5. The van der Waals surface area contributed by atoms with Crippen LogP contribution >= 0.6 is 0 Å². The minimum Gasteiger partial charge on any atom is -0.508 e. The zero-order valence-electron chi connectivity index (χ0n) is 24.9. The number of aromatic hydroxyl groups is 1. The van der Waals surface area contributed by atoms with Crippen LogP contribution in [0.2, 0.25) is 0 Å². The Labute approximate surface area is 260 Å². The molecule has 0 unspecified atom stereocenters. The van der Waals surface area contributed by atoms with Crippen LogP contribution in [0.25, 0.3) is 32.9 Å². The van der Waals surface area contributed by atoms with Crippen molar-refractivity contribution in [3.05, 3.63) is 41.5 Å². The van der Waals surface area contributed by atoms with Crippen LogP contribution in [0.4, 0.5) is 27.8 Å². The van der Waals surface area contributed by atoms with Crippen molar-refractivity contribution >= 4 is 27.5 Å². The second kappa shape index (κ2) is 10.8. The third kappa shape index (κ3) is 4.51. The Bertz CT molecular complexity index is 1900. The van der Waals surface area contributed by atoms with Gasteiger partial charge in [0.15, 0.2) is 23.3 Å². The van der Waals surface area contributed by atoms with E-state index in [9.17, 15) is 18.3 Å². The smallest absolute Gasteiger partial charge is 0.319 e. The molecule has 0 aliphatic carbocycles. The molecule has 14 heteroatoms. The fraction of sp³-hybridized carbons (Fsp3) is 0.469. The molecule has 0 saturated carbocycles. The van der Waals surface area contributed by atoms with Gasteiger partial charge >= 0.3 is 6.01 Å². The molecule has 242 valence electrons. The maximum Gasteiger partial charge on any atom is 0.319 e. The minimum absolute atomic E-state index is 0.0356. The molecular formula is C32H31F5N6O3. The Morgan fingerprint density at radius 3 is 2.74 bits per heavy atom. The predicted molar refractivity (Wildman–Crippen MR) is 159 cm³/mol. The predicted octanol–water partition coefficient (Wildman–Crippen LogP) is 5.01. The number of nitrogens with zero attached hydrogens (tertiary/aromatic N) is 5. The van der Waals surface area contributed by atoms with Crippen LogP contribution in [0, 0.1) is 23.3 Å². The number of ether oxygens (including phenoxy) is 2. The van der Waals surface area contributed by atoms with Gasteiger partial charge in [0.2, 0.25) is 5.88 Å². The molecule has 2 aromatic heterocycles. The summed E-state index contributed by atoms with van der Waals surface area (Å²) in [4.78, 5) is 17.7. The Morgan fingerprint density at radius 2 is 1.91 bits per heavy atom. The molecule has 3 fully saturated rings. The van der Waals surface area contributed by atoms with Gasteiger partial charge in [0.25, 0.3) is 0 Å². The number of alkyl halides is 1. The monoisotopic (exact) mass is 642 g/mol. The zero-order chi connectivity index (χ0) is 31.9. The van der Waals surface area contributed by atoms with Gasteiger partial charge in [-0.1, -0.05) is 6.92 Å². The number of hydrogen-bond donors (Lipinski definition) is 2. The largest absolute Gasteiger partial charge is 0.508 e. The molecule has 2 N–H and O–H groups in total. The molecule has 4 atom stereocenters. The van der Waals surface area contributed by atoms with Crippen molar-refractivity contribution in [3.63, 3.8) is 0 Å². The van der Waals surface area contributed by atoms with E-state index in [1.807, 2.05) is 4.90 Å². The third-order valence-corrected chi connectivity index (χ3v) is 9.93. The van der Waals surface area contributed by atoms with Gasteiger partial charge in [-0.25, -0.2) is 26.9 Å².